The Morgan fingerprint density at radius 2 is 1.90 bits per heavy atom. The quantitative estimate of drug-likeness (QED) is 0.779. The molecule has 2 heterocycles. The van der Waals surface area contributed by atoms with Gasteiger partial charge < -0.3 is 5.32 Å². The minimum atomic E-state index is 0.0600. The highest BCUT2D eigenvalue weighted by atomic mass is 14.9. The zero-order valence-corrected chi connectivity index (χ0v) is 12.0. The number of pyridine rings is 1. The van der Waals surface area contributed by atoms with Gasteiger partial charge in [0.05, 0.1) is 11.6 Å². The lowest BCUT2D eigenvalue weighted by Crippen LogP contribution is -2.23. The highest BCUT2D eigenvalue weighted by Crippen LogP contribution is 2.27. The summed E-state index contributed by atoms with van der Waals surface area (Å²) in [6.45, 7) is 3.09. The molecule has 0 aliphatic rings. The fourth-order valence-corrected chi connectivity index (χ4v) is 2.52. The maximum atomic E-state index is 4.55. The third-order valence-corrected chi connectivity index (χ3v) is 3.49. The van der Waals surface area contributed by atoms with Gasteiger partial charge in [-0.05, 0) is 24.6 Å². The van der Waals surface area contributed by atoms with Gasteiger partial charge in [0, 0.05) is 29.5 Å². The predicted octanol–water partition coefficient (Wildman–Crippen LogP) is 3.11. The molecule has 0 bridgehead atoms. The van der Waals surface area contributed by atoms with Crippen LogP contribution in [-0.4, -0.2) is 21.5 Å². The molecule has 0 spiro atoms. The maximum absolute atomic E-state index is 4.55. The molecule has 1 atom stereocenters. The summed E-state index contributed by atoms with van der Waals surface area (Å²) in [5.41, 5.74) is 3.25. The van der Waals surface area contributed by atoms with E-state index >= 15 is 0 Å². The molecule has 3 aromatic rings. The Morgan fingerprint density at radius 3 is 2.71 bits per heavy atom. The van der Waals surface area contributed by atoms with Crippen LogP contribution in [0, 0.1) is 0 Å². The van der Waals surface area contributed by atoms with Gasteiger partial charge in [0.25, 0.3) is 0 Å². The zero-order valence-electron chi connectivity index (χ0n) is 12.0. The van der Waals surface area contributed by atoms with Crippen LogP contribution in [0.1, 0.15) is 30.5 Å². The van der Waals surface area contributed by atoms with Crippen molar-refractivity contribution in [1.82, 2.24) is 20.3 Å². The topological polar surface area (TPSA) is 50.7 Å². The van der Waals surface area contributed by atoms with E-state index in [-0.39, 0.29) is 6.04 Å². The van der Waals surface area contributed by atoms with Gasteiger partial charge in [0.1, 0.15) is 6.33 Å². The first kappa shape index (κ1) is 13.6. The minimum absolute atomic E-state index is 0.0600. The Hall–Kier alpha value is -2.33. The van der Waals surface area contributed by atoms with Crippen molar-refractivity contribution in [2.75, 3.05) is 6.54 Å². The molecule has 0 saturated heterocycles. The first-order valence-corrected chi connectivity index (χ1v) is 7.22. The molecule has 106 valence electrons. The van der Waals surface area contributed by atoms with Crippen molar-refractivity contribution in [2.24, 2.45) is 0 Å². The van der Waals surface area contributed by atoms with Crippen LogP contribution in [0.3, 0.4) is 0 Å². The van der Waals surface area contributed by atoms with E-state index in [9.17, 15) is 0 Å². The molecule has 3 rings (SSSR count). The SMILES string of the molecule is CCCNC(c1cncnc1)c1cccc2cccnc12. The third-order valence-electron chi connectivity index (χ3n) is 3.49. The summed E-state index contributed by atoms with van der Waals surface area (Å²) in [5, 5.41) is 4.72. The van der Waals surface area contributed by atoms with Gasteiger partial charge in [-0.3, -0.25) is 4.98 Å². The summed E-state index contributed by atoms with van der Waals surface area (Å²) in [5.74, 6) is 0. The van der Waals surface area contributed by atoms with Crippen molar-refractivity contribution in [3.8, 4) is 0 Å². The van der Waals surface area contributed by atoms with Crippen LogP contribution in [0.25, 0.3) is 10.9 Å². The van der Waals surface area contributed by atoms with Crippen LogP contribution in [-0.2, 0) is 0 Å². The van der Waals surface area contributed by atoms with E-state index in [1.165, 1.54) is 0 Å². The summed E-state index contributed by atoms with van der Waals surface area (Å²) in [4.78, 5) is 12.9. The monoisotopic (exact) mass is 278 g/mol. The van der Waals surface area contributed by atoms with Crippen LogP contribution in [0.15, 0.2) is 55.2 Å². The zero-order chi connectivity index (χ0) is 14.5. The fraction of sp³-hybridized carbons (Fsp3) is 0.235. The van der Waals surface area contributed by atoms with Gasteiger partial charge in [0.2, 0.25) is 0 Å². The van der Waals surface area contributed by atoms with Crippen molar-refractivity contribution in [2.45, 2.75) is 19.4 Å². The summed E-state index contributed by atoms with van der Waals surface area (Å²) >= 11 is 0. The lowest BCUT2D eigenvalue weighted by Gasteiger charge is -2.20. The number of fused-ring (bicyclic) bond motifs is 1. The normalized spacial score (nSPS) is 12.4. The summed E-state index contributed by atoms with van der Waals surface area (Å²) in [7, 11) is 0. The molecule has 0 radical (unpaired) electrons. The second-order valence-electron chi connectivity index (χ2n) is 4.98. The molecular formula is C17H18N4. The van der Waals surface area contributed by atoms with Crippen LogP contribution in [0.5, 0.6) is 0 Å². The molecular weight excluding hydrogens is 260 g/mol. The van der Waals surface area contributed by atoms with Crippen LogP contribution < -0.4 is 5.32 Å². The Labute approximate surface area is 124 Å². The van der Waals surface area contributed by atoms with E-state index in [2.05, 4.69) is 51.5 Å². The lowest BCUT2D eigenvalue weighted by atomic mass is 9.98. The Bertz CT molecular complexity index is 707. The number of nitrogens with zero attached hydrogens (tertiary/aromatic N) is 3. The Balaban J connectivity index is 2.10. The smallest absolute Gasteiger partial charge is 0.115 e. The van der Waals surface area contributed by atoms with E-state index in [4.69, 9.17) is 0 Å². The molecule has 4 nitrogen and oxygen atoms in total. The number of benzene rings is 1. The number of rotatable bonds is 5. The van der Waals surface area contributed by atoms with Crippen LogP contribution >= 0.6 is 0 Å². The molecule has 0 amide bonds. The number of hydrogen-bond donors (Lipinski definition) is 1. The second kappa shape index (κ2) is 6.41. The van der Waals surface area contributed by atoms with E-state index < -0.39 is 0 Å². The Kier molecular flexibility index (Phi) is 4.17. The van der Waals surface area contributed by atoms with Gasteiger partial charge in [-0.2, -0.15) is 0 Å². The van der Waals surface area contributed by atoms with Gasteiger partial charge >= 0.3 is 0 Å². The van der Waals surface area contributed by atoms with Gasteiger partial charge in [-0.15, -0.1) is 0 Å². The molecule has 2 aromatic heterocycles. The van der Waals surface area contributed by atoms with Gasteiger partial charge in [0.15, 0.2) is 0 Å². The standard InChI is InChI=1S/C17H18N4/c1-2-8-20-17(14-10-18-12-19-11-14)15-7-3-5-13-6-4-9-21-16(13)15/h3-7,9-12,17,20H,2,8H2,1H3. The van der Waals surface area contributed by atoms with Crippen LogP contribution in [0.4, 0.5) is 0 Å². The summed E-state index contributed by atoms with van der Waals surface area (Å²) in [6, 6.07) is 10.4. The van der Waals surface area contributed by atoms with E-state index in [0.717, 1.165) is 35.0 Å². The second-order valence-corrected chi connectivity index (χ2v) is 4.98. The molecule has 0 fully saturated rings. The molecule has 1 unspecified atom stereocenters. The van der Waals surface area contributed by atoms with Crippen molar-refractivity contribution < 1.29 is 0 Å². The first-order chi connectivity index (χ1) is 10.4. The molecule has 4 heteroatoms. The van der Waals surface area contributed by atoms with Crippen molar-refractivity contribution in [1.29, 1.82) is 0 Å². The average Bonchev–Trinajstić information content (AvgIpc) is 2.56. The highest BCUT2D eigenvalue weighted by molar-refractivity contribution is 5.82. The number of aromatic nitrogens is 3. The Morgan fingerprint density at radius 1 is 1.10 bits per heavy atom. The first-order valence-electron chi connectivity index (χ1n) is 7.22. The van der Waals surface area contributed by atoms with E-state index in [1.54, 1.807) is 6.33 Å². The molecule has 1 N–H and O–H groups in total. The molecule has 1 aromatic carbocycles. The van der Waals surface area contributed by atoms with Gasteiger partial charge in [-0.1, -0.05) is 31.2 Å². The van der Waals surface area contributed by atoms with E-state index in [1.807, 2.05) is 24.7 Å². The van der Waals surface area contributed by atoms with Crippen molar-refractivity contribution in [3.05, 3.63) is 66.4 Å². The van der Waals surface area contributed by atoms with Crippen molar-refractivity contribution >= 4 is 10.9 Å². The summed E-state index contributed by atoms with van der Waals surface area (Å²) < 4.78 is 0. The average molecular weight is 278 g/mol. The molecule has 0 aliphatic heterocycles. The molecule has 0 saturated carbocycles. The lowest BCUT2D eigenvalue weighted by molar-refractivity contribution is 0.597. The predicted molar refractivity (Wildman–Crippen MR) is 83.9 cm³/mol. The third kappa shape index (κ3) is 2.90. The van der Waals surface area contributed by atoms with Crippen molar-refractivity contribution in [3.63, 3.8) is 0 Å². The molecule has 21 heavy (non-hydrogen) atoms. The number of para-hydroxylation sites is 1. The molecule has 0 aliphatic carbocycles. The van der Waals surface area contributed by atoms with E-state index in [0.29, 0.717) is 0 Å². The largest absolute Gasteiger partial charge is 0.306 e. The number of hydrogen-bond acceptors (Lipinski definition) is 4. The van der Waals surface area contributed by atoms with Gasteiger partial charge in [-0.25, -0.2) is 9.97 Å². The number of nitrogens with one attached hydrogen (secondary N) is 1. The fourth-order valence-electron chi connectivity index (χ4n) is 2.52. The minimum Gasteiger partial charge on any atom is -0.306 e. The maximum Gasteiger partial charge on any atom is 0.115 e. The highest BCUT2D eigenvalue weighted by Gasteiger charge is 2.17. The van der Waals surface area contributed by atoms with Crippen LogP contribution in [0.2, 0.25) is 0 Å². The summed E-state index contributed by atoms with van der Waals surface area (Å²) in [6.07, 6.45) is 8.19.